The SMILES string of the molecule is CC(C)(O)c1ccc(-c2cn(CCC3CC3)c(=O)c3[nH]ccc23)cc1. The van der Waals surface area contributed by atoms with Gasteiger partial charge in [0.1, 0.15) is 5.52 Å². The first-order valence-electron chi connectivity index (χ1n) is 8.97. The van der Waals surface area contributed by atoms with Crippen LogP contribution in [0, 0.1) is 5.92 Å². The van der Waals surface area contributed by atoms with E-state index >= 15 is 0 Å². The molecule has 25 heavy (non-hydrogen) atoms. The molecule has 0 unspecified atom stereocenters. The average Bonchev–Trinajstić information content (AvgIpc) is 3.28. The minimum atomic E-state index is -0.856. The third kappa shape index (κ3) is 3.14. The lowest BCUT2D eigenvalue weighted by Crippen LogP contribution is -2.20. The number of fused-ring (bicyclic) bond motifs is 1. The van der Waals surface area contributed by atoms with Gasteiger partial charge in [0.15, 0.2) is 0 Å². The van der Waals surface area contributed by atoms with Gasteiger partial charge in [-0.3, -0.25) is 4.79 Å². The Balaban J connectivity index is 1.78. The second kappa shape index (κ2) is 5.88. The van der Waals surface area contributed by atoms with Crippen LogP contribution in [0.1, 0.15) is 38.7 Å². The number of rotatable bonds is 5. The van der Waals surface area contributed by atoms with Crippen molar-refractivity contribution < 1.29 is 5.11 Å². The summed E-state index contributed by atoms with van der Waals surface area (Å²) in [6, 6.07) is 9.90. The highest BCUT2D eigenvalue weighted by Crippen LogP contribution is 2.33. The van der Waals surface area contributed by atoms with E-state index in [-0.39, 0.29) is 5.56 Å². The monoisotopic (exact) mass is 336 g/mol. The van der Waals surface area contributed by atoms with Gasteiger partial charge >= 0.3 is 0 Å². The van der Waals surface area contributed by atoms with E-state index < -0.39 is 5.60 Å². The van der Waals surface area contributed by atoms with Gasteiger partial charge in [-0.15, -0.1) is 0 Å². The van der Waals surface area contributed by atoms with Crippen LogP contribution in [-0.2, 0) is 12.1 Å². The van der Waals surface area contributed by atoms with Crippen molar-refractivity contribution in [2.45, 2.75) is 45.3 Å². The average molecular weight is 336 g/mol. The number of aromatic amines is 1. The predicted molar refractivity (Wildman–Crippen MR) is 101 cm³/mol. The second-order valence-corrected chi connectivity index (χ2v) is 7.68. The van der Waals surface area contributed by atoms with Crippen LogP contribution in [0.2, 0.25) is 0 Å². The molecule has 2 heterocycles. The maximum absolute atomic E-state index is 12.7. The minimum Gasteiger partial charge on any atom is -0.386 e. The molecule has 0 atom stereocenters. The smallest absolute Gasteiger partial charge is 0.274 e. The number of benzene rings is 1. The van der Waals surface area contributed by atoms with Crippen molar-refractivity contribution in [3.05, 3.63) is 58.6 Å². The number of hydrogen-bond donors (Lipinski definition) is 2. The number of nitrogens with zero attached hydrogens (tertiary/aromatic N) is 1. The molecular formula is C21H24N2O2. The Morgan fingerprint density at radius 1 is 1.20 bits per heavy atom. The van der Waals surface area contributed by atoms with E-state index in [1.165, 1.54) is 12.8 Å². The topological polar surface area (TPSA) is 58.0 Å². The van der Waals surface area contributed by atoms with Crippen molar-refractivity contribution in [3.8, 4) is 11.1 Å². The van der Waals surface area contributed by atoms with E-state index in [1.807, 2.05) is 47.3 Å². The molecule has 4 rings (SSSR count). The van der Waals surface area contributed by atoms with Gasteiger partial charge in [0.25, 0.3) is 5.56 Å². The fourth-order valence-corrected chi connectivity index (χ4v) is 3.38. The maximum atomic E-state index is 12.7. The molecule has 0 radical (unpaired) electrons. The largest absolute Gasteiger partial charge is 0.386 e. The van der Waals surface area contributed by atoms with Gasteiger partial charge in [0.05, 0.1) is 5.60 Å². The van der Waals surface area contributed by atoms with Gasteiger partial charge in [-0.1, -0.05) is 37.1 Å². The molecule has 4 heteroatoms. The quantitative estimate of drug-likeness (QED) is 0.739. The molecular weight excluding hydrogens is 312 g/mol. The summed E-state index contributed by atoms with van der Waals surface area (Å²) in [5, 5.41) is 11.1. The first kappa shape index (κ1) is 16.2. The molecule has 1 aliphatic carbocycles. The Labute approximate surface area is 147 Å². The van der Waals surface area contributed by atoms with Crippen LogP contribution < -0.4 is 5.56 Å². The van der Waals surface area contributed by atoms with Crippen LogP contribution in [0.4, 0.5) is 0 Å². The molecule has 1 aromatic carbocycles. The summed E-state index contributed by atoms with van der Waals surface area (Å²) >= 11 is 0. The van der Waals surface area contributed by atoms with E-state index in [0.717, 1.165) is 41.0 Å². The highest BCUT2D eigenvalue weighted by molar-refractivity contribution is 5.94. The molecule has 3 aromatic rings. The Kier molecular flexibility index (Phi) is 3.80. The zero-order chi connectivity index (χ0) is 17.6. The molecule has 1 fully saturated rings. The molecule has 0 saturated heterocycles. The molecule has 1 aliphatic rings. The number of nitrogens with one attached hydrogen (secondary N) is 1. The third-order valence-corrected chi connectivity index (χ3v) is 5.17. The van der Waals surface area contributed by atoms with Crippen LogP contribution >= 0.6 is 0 Å². The molecule has 0 amide bonds. The van der Waals surface area contributed by atoms with E-state index in [2.05, 4.69) is 4.98 Å². The summed E-state index contributed by atoms with van der Waals surface area (Å²) in [5.41, 5.74) is 2.85. The molecule has 2 aromatic heterocycles. The summed E-state index contributed by atoms with van der Waals surface area (Å²) < 4.78 is 1.84. The number of aliphatic hydroxyl groups is 1. The summed E-state index contributed by atoms with van der Waals surface area (Å²) in [6.07, 6.45) is 7.48. The van der Waals surface area contributed by atoms with Crippen LogP contribution in [0.25, 0.3) is 22.0 Å². The van der Waals surface area contributed by atoms with Gasteiger partial charge < -0.3 is 14.7 Å². The number of H-pyrrole nitrogens is 1. The maximum Gasteiger partial charge on any atom is 0.274 e. The summed E-state index contributed by atoms with van der Waals surface area (Å²) in [7, 11) is 0. The van der Waals surface area contributed by atoms with Crippen LogP contribution in [0.5, 0.6) is 0 Å². The van der Waals surface area contributed by atoms with Gasteiger partial charge in [-0.25, -0.2) is 0 Å². The van der Waals surface area contributed by atoms with Crippen molar-refractivity contribution in [1.29, 1.82) is 0 Å². The van der Waals surface area contributed by atoms with Gasteiger partial charge in [0, 0.05) is 29.9 Å². The second-order valence-electron chi connectivity index (χ2n) is 7.68. The van der Waals surface area contributed by atoms with Crippen LogP contribution in [-0.4, -0.2) is 14.7 Å². The lowest BCUT2D eigenvalue weighted by Gasteiger charge is -2.18. The summed E-state index contributed by atoms with van der Waals surface area (Å²) in [6.45, 7) is 4.34. The fourth-order valence-electron chi connectivity index (χ4n) is 3.38. The van der Waals surface area contributed by atoms with E-state index in [0.29, 0.717) is 5.52 Å². The first-order valence-corrected chi connectivity index (χ1v) is 8.97. The highest BCUT2D eigenvalue weighted by atomic mass is 16.3. The van der Waals surface area contributed by atoms with Crippen LogP contribution in [0.3, 0.4) is 0 Å². The number of pyridine rings is 1. The lowest BCUT2D eigenvalue weighted by molar-refractivity contribution is 0.0786. The van der Waals surface area contributed by atoms with Crippen molar-refractivity contribution in [1.82, 2.24) is 9.55 Å². The number of aromatic nitrogens is 2. The molecule has 4 nitrogen and oxygen atoms in total. The summed E-state index contributed by atoms with van der Waals surface area (Å²) in [5.74, 6) is 0.792. The molecule has 1 saturated carbocycles. The number of aryl methyl sites for hydroxylation is 1. The molecule has 130 valence electrons. The normalized spacial score (nSPS) is 15.0. The van der Waals surface area contributed by atoms with Gasteiger partial charge in [-0.05, 0) is 43.4 Å². The highest BCUT2D eigenvalue weighted by Gasteiger charge is 2.21. The van der Waals surface area contributed by atoms with E-state index in [4.69, 9.17) is 0 Å². The Morgan fingerprint density at radius 3 is 2.56 bits per heavy atom. The number of hydrogen-bond acceptors (Lipinski definition) is 2. The first-order chi connectivity index (χ1) is 11.9. The molecule has 0 spiro atoms. The molecule has 2 N–H and O–H groups in total. The van der Waals surface area contributed by atoms with Crippen molar-refractivity contribution in [2.24, 2.45) is 5.92 Å². The minimum absolute atomic E-state index is 0.0533. The Hall–Kier alpha value is -2.33. The van der Waals surface area contributed by atoms with Gasteiger partial charge in [-0.2, -0.15) is 0 Å². The van der Waals surface area contributed by atoms with E-state index in [9.17, 15) is 9.90 Å². The van der Waals surface area contributed by atoms with Crippen molar-refractivity contribution in [3.63, 3.8) is 0 Å². The lowest BCUT2D eigenvalue weighted by atomic mass is 9.95. The zero-order valence-corrected chi connectivity index (χ0v) is 14.7. The van der Waals surface area contributed by atoms with Crippen LogP contribution in [0.15, 0.2) is 47.5 Å². The van der Waals surface area contributed by atoms with Gasteiger partial charge in [0.2, 0.25) is 0 Å². The third-order valence-electron chi connectivity index (χ3n) is 5.17. The van der Waals surface area contributed by atoms with Crippen molar-refractivity contribution >= 4 is 10.9 Å². The fraction of sp³-hybridized carbons (Fsp3) is 0.381. The Morgan fingerprint density at radius 2 is 1.92 bits per heavy atom. The Bertz CT molecular complexity index is 954. The van der Waals surface area contributed by atoms with Crippen molar-refractivity contribution in [2.75, 3.05) is 0 Å². The molecule has 0 aliphatic heterocycles. The standard InChI is InChI=1S/C21H24N2O2/c1-21(2,25)16-7-5-15(6-8-16)18-13-23(12-10-14-3-4-14)20(24)19-17(18)9-11-22-19/h5-9,11,13-14,22,25H,3-4,10,12H2,1-2H3. The molecule has 0 bridgehead atoms. The zero-order valence-electron chi connectivity index (χ0n) is 14.7. The van der Waals surface area contributed by atoms with E-state index in [1.54, 1.807) is 13.8 Å². The predicted octanol–water partition coefficient (Wildman–Crippen LogP) is 4.02. The summed E-state index contributed by atoms with van der Waals surface area (Å²) in [4.78, 5) is 15.8.